The normalized spacial score (nSPS) is 12.6. The van der Waals surface area contributed by atoms with Gasteiger partial charge in [0, 0.05) is 10.1 Å². The molecule has 0 aromatic heterocycles. The zero-order valence-corrected chi connectivity index (χ0v) is 13.9. The molecular formula is C14H10Cl2INO2. The van der Waals surface area contributed by atoms with Gasteiger partial charge in [0.05, 0.1) is 15.7 Å². The van der Waals surface area contributed by atoms with E-state index in [9.17, 15) is 0 Å². The first kappa shape index (κ1) is 14.1. The van der Waals surface area contributed by atoms with Crippen molar-refractivity contribution < 1.29 is 9.47 Å². The van der Waals surface area contributed by atoms with Crippen molar-refractivity contribution in [2.75, 3.05) is 12.1 Å². The number of halogens is 3. The van der Waals surface area contributed by atoms with Crippen molar-refractivity contribution in [3.63, 3.8) is 0 Å². The minimum Gasteiger partial charge on any atom is -0.454 e. The first-order valence-electron chi connectivity index (χ1n) is 5.90. The first-order chi connectivity index (χ1) is 9.63. The lowest BCUT2D eigenvalue weighted by molar-refractivity contribution is 0.174. The Hall–Kier alpha value is -0.850. The lowest BCUT2D eigenvalue weighted by Gasteiger charge is -2.10. The van der Waals surface area contributed by atoms with Crippen LogP contribution in [0.25, 0.3) is 0 Å². The molecule has 2 aromatic rings. The summed E-state index contributed by atoms with van der Waals surface area (Å²) in [5.74, 6) is 1.30. The predicted octanol–water partition coefficient (Wildman–Crippen LogP) is 4.94. The number of hydrogen-bond donors (Lipinski definition) is 1. The average molecular weight is 422 g/mol. The number of fused-ring (bicyclic) bond motifs is 1. The average Bonchev–Trinajstić information content (AvgIpc) is 2.86. The molecule has 0 saturated carbocycles. The van der Waals surface area contributed by atoms with Gasteiger partial charge < -0.3 is 14.8 Å². The van der Waals surface area contributed by atoms with Crippen LogP contribution in [0.3, 0.4) is 0 Å². The highest BCUT2D eigenvalue weighted by atomic mass is 127. The summed E-state index contributed by atoms with van der Waals surface area (Å²) in [6.45, 7) is 0.825. The van der Waals surface area contributed by atoms with Crippen LogP contribution < -0.4 is 14.8 Å². The van der Waals surface area contributed by atoms with Crippen LogP contribution in [-0.2, 0) is 6.54 Å². The van der Waals surface area contributed by atoms with E-state index in [4.69, 9.17) is 32.7 Å². The molecule has 3 nitrogen and oxygen atoms in total. The molecule has 0 aliphatic carbocycles. The highest BCUT2D eigenvalue weighted by Gasteiger charge is 2.18. The fraction of sp³-hybridized carbons (Fsp3) is 0.143. The summed E-state index contributed by atoms with van der Waals surface area (Å²) in [7, 11) is 0. The van der Waals surface area contributed by atoms with Crippen molar-refractivity contribution in [1.82, 2.24) is 0 Å². The zero-order chi connectivity index (χ0) is 14.1. The maximum absolute atomic E-state index is 6.18. The van der Waals surface area contributed by atoms with Crippen LogP contribution in [0.1, 0.15) is 5.56 Å². The molecule has 1 aliphatic heterocycles. The third-order valence-corrected chi connectivity index (χ3v) is 4.17. The molecule has 0 atom stereocenters. The summed E-state index contributed by atoms with van der Waals surface area (Å²) in [4.78, 5) is 0. The summed E-state index contributed by atoms with van der Waals surface area (Å²) in [6.07, 6.45) is 0. The quantitative estimate of drug-likeness (QED) is 0.712. The molecule has 0 spiro atoms. The van der Waals surface area contributed by atoms with Gasteiger partial charge in [0.1, 0.15) is 0 Å². The Balaban J connectivity index is 1.77. The number of nitrogens with one attached hydrogen (secondary N) is 1. The van der Waals surface area contributed by atoms with Crippen LogP contribution in [-0.4, -0.2) is 6.79 Å². The van der Waals surface area contributed by atoms with E-state index in [-0.39, 0.29) is 6.79 Å². The second-order valence-corrected chi connectivity index (χ2v) is 6.35. The smallest absolute Gasteiger partial charge is 0.231 e. The predicted molar refractivity (Wildman–Crippen MR) is 89.1 cm³/mol. The maximum Gasteiger partial charge on any atom is 0.231 e. The van der Waals surface area contributed by atoms with Gasteiger partial charge in [0.15, 0.2) is 11.5 Å². The number of ether oxygens (including phenoxy) is 2. The van der Waals surface area contributed by atoms with Gasteiger partial charge in [-0.15, -0.1) is 0 Å². The molecule has 1 heterocycles. The number of hydrogen-bond acceptors (Lipinski definition) is 3. The van der Waals surface area contributed by atoms with Gasteiger partial charge in [-0.3, -0.25) is 0 Å². The van der Waals surface area contributed by atoms with Crippen molar-refractivity contribution in [3.8, 4) is 11.5 Å². The molecule has 0 amide bonds. The van der Waals surface area contributed by atoms with E-state index in [1.54, 1.807) is 0 Å². The van der Waals surface area contributed by atoms with Crippen LogP contribution in [0.4, 0.5) is 5.69 Å². The topological polar surface area (TPSA) is 30.5 Å². The Morgan fingerprint density at radius 3 is 2.75 bits per heavy atom. The zero-order valence-electron chi connectivity index (χ0n) is 10.3. The van der Waals surface area contributed by atoms with Gasteiger partial charge in [0.2, 0.25) is 6.79 Å². The van der Waals surface area contributed by atoms with E-state index in [0.29, 0.717) is 28.1 Å². The van der Waals surface area contributed by atoms with Crippen molar-refractivity contribution in [3.05, 3.63) is 49.5 Å². The second kappa shape index (κ2) is 5.87. The molecule has 0 bridgehead atoms. The van der Waals surface area contributed by atoms with Crippen molar-refractivity contribution in [2.24, 2.45) is 0 Å². The minimum atomic E-state index is 0.217. The van der Waals surface area contributed by atoms with Crippen molar-refractivity contribution in [2.45, 2.75) is 6.54 Å². The summed E-state index contributed by atoms with van der Waals surface area (Å²) in [5.41, 5.74) is 1.90. The van der Waals surface area contributed by atoms with E-state index in [1.165, 1.54) is 0 Å². The molecule has 1 N–H and O–H groups in total. The summed E-state index contributed by atoms with van der Waals surface area (Å²) in [5, 5.41) is 4.54. The van der Waals surface area contributed by atoms with Crippen LogP contribution in [0.15, 0.2) is 30.3 Å². The van der Waals surface area contributed by atoms with Crippen LogP contribution >= 0.6 is 45.8 Å². The number of benzene rings is 2. The summed E-state index contributed by atoms with van der Waals surface area (Å²) < 4.78 is 11.7. The number of anilines is 1. The fourth-order valence-corrected chi connectivity index (χ4v) is 3.16. The highest BCUT2D eigenvalue weighted by Crippen LogP contribution is 2.40. The minimum absolute atomic E-state index is 0.217. The van der Waals surface area contributed by atoms with Crippen LogP contribution in [0, 0.1) is 3.57 Å². The third kappa shape index (κ3) is 2.92. The van der Waals surface area contributed by atoms with Crippen LogP contribution in [0.2, 0.25) is 10.0 Å². The fourth-order valence-electron chi connectivity index (χ4n) is 1.95. The third-order valence-electron chi connectivity index (χ3n) is 2.90. The maximum atomic E-state index is 6.18. The molecule has 6 heteroatoms. The first-order valence-corrected chi connectivity index (χ1v) is 7.74. The van der Waals surface area contributed by atoms with Gasteiger partial charge in [-0.25, -0.2) is 0 Å². The SMILES string of the molecule is Clc1cc(I)ccc1NCc1cc(Cl)c2c(c1)OCO2. The standard InChI is InChI=1S/C14H10Cl2INO2/c15-10-5-9(17)1-2-12(10)18-6-8-3-11(16)14-13(4-8)19-7-20-14/h1-5,18H,6-7H2. The monoisotopic (exact) mass is 421 g/mol. The van der Waals surface area contributed by atoms with E-state index in [0.717, 1.165) is 14.8 Å². The van der Waals surface area contributed by atoms with Gasteiger partial charge in [-0.05, 0) is 58.5 Å². The van der Waals surface area contributed by atoms with Crippen LogP contribution in [0.5, 0.6) is 11.5 Å². The van der Waals surface area contributed by atoms with E-state index >= 15 is 0 Å². The molecule has 0 radical (unpaired) electrons. The number of rotatable bonds is 3. The van der Waals surface area contributed by atoms with Gasteiger partial charge in [-0.1, -0.05) is 23.2 Å². The van der Waals surface area contributed by atoms with E-state index < -0.39 is 0 Å². The van der Waals surface area contributed by atoms with E-state index in [2.05, 4.69) is 27.9 Å². The van der Waals surface area contributed by atoms with Gasteiger partial charge in [-0.2, -0.15) is 0 Å². The Morgan fingerprint density at radius 2 is 1.95 bits per heavy atom. The molecule has 0 fully saturated rings. The Kier molecular flexibility index (Phi) is 4.14. The Bertz CT molecular complexity index is 664. The van der Waals surface area contributed by atoms with E-state index in [1.807, 2.05) is 30.3 Å². The van der Waals surface area contributed by atoms with Gasteiger partial charge in [0.25, 0.3) is 0 Å². The van der Waals surface area contributed by atoms with Crippen molar-refractivity contribution >= 4 is 51.5 Å². The summed E-state index contributed by atoms with van der Waals surface area (Å²) >= 11 is 14.6. The molecule has 0 saturated heterocycles. The molecule has 0 unspecified atom stereocenters. The lowest BCUT2D eigenvalue weighted by Crippen LogP contribution is -2.00. The molecule has 2 aromatic carbocycles. The second-order valence-electron chi connectivity index (χ2n) is 4.29. The highest BCUT2D eigenvalue weighted by molar-refractivity contribution is 14.1. The van der Waals surface area contributed by atoms with Crippen molar-refractivity contribution in [1.29, 1.82) is 0 Å². The molecule has 20 heavy (non-hydrogen) atoms. The van der Waals surface area contributed by atoms with Gasteiger partial charge >= 0.3 is 0 Å². The Labute approximate surface area is 140 Å². The lowest BCUT2D eigenvalue weighted by atomic mass is 10.2. The molecular weight excluding hydrogens is 412 g/mol. The molecule has 1 aliphatic rings. The summed E-state index contributed by atoms with van der Waals surface area (Å²) in [6, 6.07) is 9.65. The largest absolute Gasteiger partial charge is 0.454 e. The Morgan fingerprint density at radius 1 is 1.10 bits per heavy atom. The molecule has 3 rings (SSSR count). The molecule has 104 valence electrons.